The lowest BCUT2D eigenvalue weighted by Gasteiger charge is -2.13. The van der Waals surface area contributed by atoms with Gasteiger partial charge in [0.1, 0.15) is 12.0 Å². The summed E-state index contributed by atoms with van der Waals surface area (Å²) in [4.78, 5) is 10.2. The molecule has 0 amide bonds. The molecule has 1 aromatic carbocycles. The number of hydrogen-bond donors (Lipinski definition) is 2. The summed E-state index contributed by atoms with van der Waals surface area (Å²) in [5, 5.41) is 6.71. The standard InChI is InChI=1S/C15H20ClN5/c1-17-13-14(16)19-10-20-15(13)18-9-8-11-4-6-12(7-5-11)21(2)3/h4-7,10,17H,8-9H2,1-3H3,(H,18,19,20). The number of halogens is 1. The van der Waals surface area contributed by atoms with Gasteiger partial charge >= 0.3 is 0 Å². The summed E-state index contributed by atoms with van der Waals surface area (Å²) < 4.78 is 0. The summed E-state index contributed by atoms with van der Waals surface area (Å²) >= 11 is 6.01. The minimum atomic E-state index is 0.422. The summed E-state index contributed by atoms with van der Waals surface area (Å²) in [6.45, 7) is 0.781. The van der Waals surface area contributed by atoms with E-state index in [0.29, 0.717) is 5.15 Å². The van der Waals surface area contributed by atoms with Crippen LogP contribution in [0.1, 0.15) is 5.56 Å². The maximum absolute atomic E-state index is 6.01. The van der Waals surface area contributed by atoms with Crippen LogP contribution in [0.3, 0.4) is 0 Å². The van der Waals surface area contributed by atoms with Crippen LogP contribution in [0.25, 0.3) is 0 Å². The lowest BCUT2D eigenvalue weighted by Crippen LogP contribution is -2.10. The van der Waals surface area contributed by atoms with Gasteiger partial charge in [-0.15, -0.1) is 0 Å². The van der Waals surface area contributed by atoms with Crippen LogP contribution in [0.4, 0.5) is 17.2 Å². The minimum Gasteiger partial charge on any atom is -0.383 e. The fraction of sp³-hybridized carbons (Fsp3) is 0.333. The SMILES string of the molecule is CNc1c(Cl)ncnc1NCCc1ccc(N(C)C)cc1. The maximum atomic E-state index is 6.01. The molecule has 5 nitrogen and oxygen atoms in total. The molecule has 0 saturated carbocycles. The number of nitrogens with zero attached hydrogens (tertiary/aromatic N) is 3. The van der Waals surface area contributed by atoms with Crippen LogP contribution in [-0.4, -0.2) is 37.7 Å². The first kappa shape index (κ1) is 15.4. The van der Waals surface area contributed by atoms with Gasteiger partial charge in [-0.05, 0) is 24.1 Å². The summed E-state index contributed by atoms with van der Waals surface area (Å²) in [6, 6.07) is 8.53. The maximum Gasteiger partial charge on any atom is 0.157 e. The third-order valence-electron chi connectivity index (χ3n) is 3.21. The van der Waals surface area contributed by atoms with E-state index in [0.717, 1.165) is 24.5 Å². The fourth-order valence-corrected chi connectivity index (χ4v) is 2.23. The molecule has 2 N–H and O–H groups in total. The molecule has 6 heteroatoms. The lowest BCUT2D eigenvalue weighted by atomic mass is 10.1. The van der Waals surface area contributed by atoms with Crippen LogP contribution < -0.4 is 15.5 Å². The highest BCUT2D eigenvalue weighted by Gasteiger charge is 2.07. The van der Waals surface area contributed by atoms with Crippen molar-refractivity contribution in [1.82, 2.24) is 9.97 Å². The number of rotatable bonds is 6. The van der Waals surface area contributed by atoms with Gasteiger partial charge in [0.2, 0.25) is 0 Å². The second-order valence-corrected chi connectivity index (χ2v) is 5.23. The Labute approximate surface area is 130 Å². The molecule has 1 heterocycles. The first-order valence-corrected chi connectivity index (χ1v) is 7.18. The highest BCUT2D eigenvalue weighted by Crippen LogP contribution is 2.25. The lowest BCUT2D eigenvalue weighted by molar-refractivity contribution is 0.997. The normalized spacial score (nSPS) is 10.3. The van der Waals surface area contributed by atoms with E-state index in [1.54, 1.807) is 7.05 Å². The van der Waals surface area contributed by atoms with E-state index in [2.05, 4.69) is 49.8 Å². The van der Waals surface area contributed by atoms with Crippen molar-refractivity contribution in [2.45, 2.75) is 6.42 Å². The number of anilines is 3. The van der Waals surface area contributed by atoms with E-state index in [9.17, 15) is 0 Å². The van der Waals surface area contributed by atoms with Crippen molar-refractivity contribution in [3.63, 3.8) is 0 Å². The van der Waals surface area contributed by atoms with Crippen molar-refractivity contribution in [2.75, 3.05) is 43.2 Å². The monoisotopic (exact) mass is 305 g/mol. The second kappa shape index (κ2) is 7.13. The zero-order chi connectivity index (χ0) is 15.2. The molecule has 0 aliphatic heterocycles. The summed E-state index contributed by atoms with van der Waals surface area (Å²) in [5.74, 6) is 0.724. The van der Waals surface area contributed by atoms with E-state index in [1.807, 2.05) is 14.1 Å². The van der Waals surface area contributed by atoms with Gasteiger partial charge in [-0.25, -0.2) is 9.97 Å². The second-order valence-electron chi connectivity index (χ2n) is 4.88. The third-order valence-corrected chi connectivity index (χ3v) is 3.50. The zero-order valence-electron chi connectivity index (χ0n) is 12.5. The van der Waals surface area contributed by atoms with Crippen LogP contribution in [0.2, 0.25) is 5.15 Å². The van der Waals surface area contributed by atoms with E-state index in [1.165, 1.54) is 17.6 Å². The molecule has 21 heavy (non-hydrogen) atoms. The van der Waals surface area contributed by atoms with Crippen LogP contribution in [-0.2, 0) is 6.42 Å². The molecule has 0 saturated heterocycles. The summed E-state index contributed by atoms with van der Waals surface area (Å²) in [5.41, 5.74) is 3.20. The molecule has 0 atom stereocenters. The number of aromatic nitrogens is 2. The van der Waals surface area contributed by atoms with E-state index in [-0.39, 0.29) is 0 Å². The van der Waals surface area contributed by atoms with Gasteiger partial charge in [-0.2, -0.15) is 0 Å². The first-order valence-electron chi connectivity index (χ1n) is 6.80. The smallest absolute Gasteiger partial charge is 0.157 e. The van der Waals surface area contributed by atoms with Crippen molar-refractivity contribution in [1.29, 1.82) is 0 Å². The number of benzene rings is 1. The van der Waals surface area contributed by atoms with E-state index < -0.39 is 0 Å². The third kappa shape index (κ3) is 3.98. The van der Waals surface area contributed by atoms with Crippen LogP contribution in [0.5, 0.6) is 0 Å². The quantitative estimate of drug-likeness (QED) is 0.804. The first-order chi connectivity index (χ1) is 10.1. The van der Waals surface area contributed by atoms with E-state index in [4.69, 9.17) is 11.6 Å². The van der Waals surface area contributed by atoms with Gasteiger partial charge in [-0.3, -0.25) is 0 Å². The average molecular weight is 306 g/mol. The molecule has 2 rings (SSSR count). The molecule has 0 fully saturated rings. The van der Waals surface area contributed by atoms with E-state index >= 15 is 0 Å². The van der Waals surface area contributed by atoms with Crippen molar-refractivity contribution in [3.05, 3.63) is 41.3 Å². The Morgan fingerprint density at radius 3 is 2.48 bits per heavy atom. The van der Waals surface area contributed by atoms with Crippen LogP contribution >= 0.6 is 11.6 Å². The molecular formula is C15H20ClN5. The summed E-state index contributed by atoms with van der Waals surface area (Å²) in [7, 11) is 5.87. The van der Waals surface area contributed by atoms with Gasteiger partial charge in [0, 0.05) is 33.4 Å². The van der Waals surface area contributed by atoms with Crippen molar-refractivity contribution in [2.24, 2.45) is 0 Å². The van der Waals surface area contributed by atoms with Gasteiger partial charge in [0.05, 0.1) is 0 Å². The van der Waals surface area contributed by atoms with Crippen LogP contribution in [0.15, 0.2) is 30.6 Å². The van der Waals surface area contributed by atoms with Gasteiger partial charge in [0.15, 0.2) is 11.0 Å². The molecule has 1 aromatic heterocycles. The van der Waals surface area contributed by atoms with Gasteiger partial charge in [-0.1, -0.05) is 23.7 Å². The highest BCUT2D eigenvalue weighted by molar-refractivity contribution is 6.32. The van der Waals surface area contributed by atoms with Gasteiger partial charge < -0.3 is 15.5 Å². The molecule has 0 bridgehead atoms. The summed E-state index contributed by atoms with van der Waals surface area (Å²) in [6.07, 6.45) is 2.37. The molecule has 0 spiro atoms. The average Bonchev–Trinajstić information content (AvgIpc) is 2.48. The fourth-order valence-electron chi connectivity index (χ4n) is 2.01. The molecule has 0 aliphatic rings. The zero-order valence-corrected chi connectivity index (χ0v) is 13.3. The van der Waals surface area contributed by atoms with Crippen molar-refractivity contribution >= 4 is 28.8 Å². The molecule has 112 valence electrons. The highest BCUT2D eigenvalue weighted by atomic mass is 35.5. The number of hydrogen-bond acceptors (Lipinski definition) is 5. The Kier molecular flexibility index (Phi) is 5.22. The Hall–Kier alpha value is -2.01. The largest absolute Gasteiger partial charge is 0.383 e. The predicted molar refractivity (Wildman–Crippen MR) is 89.6 cm³/mol. The topological polar surface area (TPSA) is 53.1 Å². The van der Waals surface area contributed by atoms with Gasteiger partial charge in [0.25, 0.3) is 0 Å². The molecule has 0 unspecified atom stereocenters. The Morgan fingerprint density at radius 1 is 1.14 bits per heavy atom. The van der Waals surface area contributed by atoms with Crippen molar-refractivity contribution < 1.29 is 0 Å². The minimum absolute atomic E-state index is 0.422. The molecule has 0 aliphatic carbocycles. The Bertz CT molecular complexity index is 583. The molecule has 0 radical (unpaired) electrons. The molecular weight excluding hydrogens is 286 g/mol. The van der Waals surface area contributed by atoms with Crippen LogP contribution in [0, 0.1) is 0 Å². The predicted octanol–water partition coefficient (Wildman–Crippen LogP) is 2.89. The van der Waals surface area contributed by atoms with Crippen molar-refractivity contribution in [3.8, 4) is 0 Å². The Morgan fingerprint density at radius 2 is 1.86 bits per heavy atom. The Balaban J connectivity index is 1.94. The number of nitrogens with one attached hydrogen (secondary N) is 2. The molecule has 2 aromatic rings.